The second-order valence-corrected chi connectivity index (χ2v) is 8.28. The smallest absolute Gasteiger partial charge is 0.315 e. The lowest BCUT2D eigenvalue weighted by atomic mass is 10.1. The molecule has 0 aliphatic carbocycles. The Morgan fingerprint density at radius 1 is 1.15 bits per heavy atom. The standard InChI is InChI=1S/C17H25N3O5S/c21-16(22)7-4-10-18-17(23)19-15-8-11-20(12-9-15)26(24,25)13-14-5-2-1-3-6-14/h1-3,5-6,15H,4,7-13H2,(H,21,22)(H2,18,19,23). The maximum absolute atomic E-state index is 12.5. The van der Waals surface area contributed by atoms with E-state index in [-0.39, 0.29) is 24.2 Å². The number of nitrogens with zero attached hydrogens (tertiary/aromatic N) is 1. The van der Waals surface area contributed by atoms with Crippen LogP contribution in [0.5, 0.6) is 0 Å². The highest BCUT2D eigenvalue weighted by atomic mass is 32.2. The Morgan fingerprint density at radius 2 is 1.81 bits per heavy atom. The van der Waals surface area contributed by atoms with E-state index in [1.807, 2.05) is 18.2 Å². The lowest BCUT2D eigenvalue weighted by Crippen LogP contribution is -2.49. The first-order chi connectivity index (χ1) is 12.4. The van der Waals surface area contributed by atoms with Gasteiger partial charge in [-0.3, -0.25) is 4.79 Å². The highest BCUT2D eigenvalue weighted by Crippen LogP contribution is 2.17. The van der Waals surface area contributed by atoms with E-state index in [1.54, 1.807) is 12.1 Å². The largest absolute Gasteiger partial charge is 0.481 e. The van der Waals surface area contributed by atoms with Gasteiger partial charge in [0.1, 0.15) is 0 Å². The van der Waals surface area contributed by atoms with Gasteiger partial charge in [-0.15, -0.1) is 0 Å². The van der Waals surface area contributed by atoms with Crippen LogP contribution >= 0.6 is 0 Å². The molecule has 0 unspecified atom stereocenters. The summed E-state index contributed by atoms with van der Waals surface area (Å²) in [5.41, 5.74) is 0.758. The first-order valence-corrected chi connectivity index (χ1v) is 10.3. The van der Waals surface area contributed by atoms with Crippen molar-refractivity contribution in [2.45, 2.75) is 37.5 Å². The van der Waals surface area contributed by atoms with Crippen molar-refractivity contribution in [3.05, 3.63) is 35.9 Å². The predicted molar refractivity (Wildman–Crippen MR) is 97.1 cm³/mol. The predicted octanol–water partition coefficient (Wildman–Crippen LogP) is 1.14. The number of carbonyl (C=O) groups excluding carboxylic acids is 1. The summed E-state index contributed by atoms with van der Waals surface area (Å²) >= 11 is 0. The zero-order valence-electron chi connectivity index (χ0n) is 14.6. The molecule has 3 N–H and O–H groups in total. The summed E-state index contributed by atoms with van der Waals surface area (Å²) < 4.78 is 26.5. The Morgan fingerprint density at radius 3 is 2.42 bits per heavy atom. The van der Waals surface area contributed by atoms with Crippen molar-refractivity contribution in [1.82, 2.24) is 14.9 Å². The maximum Gasteiger partial charge on any atom is 0.315 e. The lowest BCUT2D eigenvalue weighted by molar-refractivity contribution is -0.137. The first-order valence-electron chi connectivity index (χ1n) is 8.65. The van der Waals surface area contributed by atoms with E-state index in [0.29, 0.717) is 38.9 Å². The number of hydrogen-bond donors (Lipinski definition) is 3. The Labute approximate surface area is 153 Å². The summed E-state index contributed by atoms with van der Waals surface area (Å²) in [6.45, 7) is 1.04. The van der Waals surface area contributed by atoms with Gasteiger partial charge in [0.2, 0.25) is 10.0 Å². The molecule has 0 saturated carbocycles. The van der Waals surface area contributed by atoms with Gasteiger partial charge in [0.15, 0.2) is 0 Å². The van der Waals surface area contributed by atoms with E-state index in [1.165, 1.54) is 4.31 Å². The van der Waals surface area contributed by atoms with Gasteiger partial charge in [-0.2, -0.15) is 0 Å². The highest BCUT2D eigenvalue weighted by molar-refractivity contribution is 7.88. The van der Waals surface area contributed by atoms with Gasteiger partial charge >= 0.3 is 12.0 Å². The number of carboxylic acid groups (broad SMARTS) is 1. The van der Waals surface area contributed by atoms with Crippen molar-refractivity contribution >= 4 is 22.0 Å². The molecular weight excluding hydrogens is 358 g/mol. The van der Waals surface area contributed by atoms with Crippen molar-refractivity contribution in [2.24, 2.45) is 0 Å². The summed E-state index contributed by atoms with van der Waals surface area (Å²) in [5.74, 6) is -0.910. The molecule has 0 radical (unpaired) electrons. The molecule has 1 aromatic carbocycles. The van der Waals surface area contributed by atoms with E-state index >= 15 is 0 Å². The molecule has 0 spiro atoms. The average molecular weight is 383 g/mol. The van der Waals surface area contributed by atoms with Crippen LogP contribution in [0, 0.1) is 0 Å². The fourth-order valence-corrected chi connectivity index (χ4v) is 4.40. The molecular formula is C17H25N3O5S. The summed E-state index contributed by atoms with van der Waals surface area (Å²) in [7, 11) is -3.36. The van der Waals surface area contributed by atoms with Crippen LogP contribution in [0.1, 0.15) is 31.2 Å². The number of nitrogens with one attached hydrogen (secondary N) is 2. The van der Waals surface area contributed by atoms with Crippen molar-refractivity contribution in [3.8, 4) is 0 Å². The molecule has 0 bridgehead atoms. The molecule has 1 aliphatic heterocycles. The zero-order chi connectivity index (χ0) is 19.0. The molecule has 1 fully saturated rings. The van der Waals surface area contributed by atoms with Crippen molar-refractivity contribution in [1.29, 1.82) is 0 Å². The normalized spacial score (nSPS) is 16.2. The van der Waals surface area contributed by atoms with E-state index in [9.17, 15) is 18.0 Å². The zero-order valence-corrected chi connectivity index (χ0v) is 15.4. The fraction of sp³-hybridized carbons (Fsp3) is 0.529. The van der Waals surface area contributed by atoms with Gasteiger partial charge in [-0.05, 0) is 24.8 Å². The van der Waals surface area contributed by atoms with Crippen molar-refractivity contribution < 1.29 is 23.1 Å². The van der Waals surface area contributed by atoms with E-state index < -0.39 is 16.0 Å². The summed E-state index contributed by atoms with van der Waals surface area (Å²) in [6.07, 6.45) is 1.49. The fourth-order valence-electron chi connectivity index (χ4n) is 2.83. The minimum atomic E-state index is -3.36. The van der Waals surface area contributed by atoms with Crippen LogP contribution < -0.4 is 10.6 Å². The molecule has 1 heterocycles. The second kappa shape index (κ2) is 9.54. The summed E-state index contributed by atoms with van der Waals surface area (Å²) in [4.78, 5) is 22.2. The molecule has 0 atom stereocenters. The summed E-state index contributed by atoms with van der Waals surface area (Å²) in [5, 5.41) is 14.0. The number of sulfonamides is 1. The third-order valence-electron chi connectivity index (χ3n) is 4.23. The molecule has 1 saturated heterocycles. The number of hydrogen-bond acceptors (Lipinski definition) is 4. The Balaban J connectivity index is 1.72. The number of amides is 2. The molecule has 9 heteroatoms. The molecule has 2 amide bonds. The van der Waals surface area contributed by atoms with Crippen LogP contribution in [-0.4, -0.2) is 55.5 Å². The monoisotopic (exact) mass is 383 g/mol. The number of aliphatic carboxylic acids is 1. The third-order valence-corrected chi connectivity index (χ3v) is 6.08. The van der Waals surface area contributed by atoms with E-state index in [0.717, 1.165) is 5.56 Å². The van der Waals surface area contributed by atoms with Crippen LogP contribution in [0.2, 0.25) is 0 Å². The van der Waals surface area contributed by atoms with Gasteiger partial charge < -0.3 is 15.7 Å². The van der Waals surface area contributed by atoms with Crippen LogP contribution in [0.25, 0.3) is 0 Å². The molecule has 26 heavy (non-hydrogen) atoms. The first kappa shape index (κ1) is 20.2. The van der Waals surface area contributed by atoms with Crippen molar-refractivity contribution in [2.75, 3.05) is 19.6 Å². The number of urea groups is 1. The van der Waals surface area contributed by atoms with Crippen molar-refractivity contribution in [3.63, 3.8) is 0 Å². The maximum atomic E-state index is 12.5. The van der Waals surface area contributed by atoms with Gasteiger partial charge in [0, 0.05) is 32.1 Å². The number of rotatable bonds is 8. The van der Waals surface area contributed by atoms with Gasteiger partial charge in [-0.1, -0.05) is 30.3 Å². The highest BCUT2D eigenvalue weighted by Gasteiger charge is 2.28. The molecule has 2 rings (SSSR count). The second-order valence-electron chi connectivity index (χ2n) is 6.31. The topological polar surface area (TPSA) is 116 Å². The summed E-state index contributed by atoms with van der Waals surface area (Å²) in [6, 6.07) is 8.63. The van der Waals surface area contributed by atoms with E-state index in [2.05, 4.69) is 10.6 Å². The third kappa shape index (κ3) is 6.64. The van der Waals surface area contributed by atoms with Gasteiger partial charge in [-0.25, -0.2) is 17.5 Å². The van der Waals surface area contributed by atoms with Gasteiger partial charge in [0.05, 0.1) is 5.75 Å². The number of benzene rings is 1. The number of piperidine rings is 1. The van der Waals surface area contributed by atoms with Crippen LogP contribution in [0.4, 0.5) is 4.79 Å². The van der Waals surface area contributed by atoms with Gasteiger partial charge in [0.25, 0.3) is 0 Å². The molecule has 144 valence electrons. The Bertz CT molecular complexity index is 700. The number of carbonyl (C=O) groups is 2. The molecule has 0 aromatic heterocycles. The minimum Gasteiger partial charge on any atom is -0.481 e. The van der Waals surface area contributed by atoms with E-state index in [4.69, 9.17) is 5.11 Å². The molecule has 1 aliphatic rings. The molecule has 8 nitrogen and oxygen atoms in total. The number of carboxylic acids is 1. The SMILES string of the molecule is O=C(O)CCCNC(=O)NC1CCN(S(=O)(=O)Cc2ccccc2)CC1. The minimum absolute atomic E-state index is 0.0118. The molecule has 1 aromatic rings. The Hall–Kier alpha value is -2.13. The van der Waals surface area contributed by atoms with Crippen LogP contribution in [-0.2, 0) is 20.6 Å². The van der Waals surface area contributed by atoms with Crippen LogP contribution in [0.15, 0.2) is 30.3 Å². The quantitative estimate of drug-likeness (QED) is 0.582. The average Bonchev–Trinajstić information content (AvgIpc) is 2.59. The Kier molecular flexibility index (Phi) is 7.40. The lowest BCUT2D eigenvalue weighted by Gasteiger charge is -2.31. The van der Waals surface area contributed by atoms with Crippen LogP contribution in [0.3, 0.4) is 0 Å².